The molecule has 84 valence electrons. The van der Waals surface area contributed by atoms with Gasteiger partial charge in [-0.2, -0.15) is 0 Å². The lowest BCUT2D eigenvalue weighted by Gasteiger charge is -2.25. The maximum atomic E-state index is 5.56. The zero-order valence-corrected chi connectivity index (χ0v) is 10.0. The highest BCUT2D eigenvalue weighted by Crippen LogP contribution is 2.32. The fraction of sp³-hybridized carbons (Fsp3) is 0.800. The van der Waals surface area contributed by atoms with E-state index in [0.717, 1.165) is 18.7 Å². The van der Waals surface area contributed by atoms with Crippen LogP contribution in [0.3, 0.4) is 0 Å². The summed E-state index contributed by atoms with van der Waals surface area (Å²) in [6, 6.07) is 0.671. The van der Waals surface area contributed by atoms with Gasteiger partial charge in [-0.1, -0.05) is 11.8 Å². The van der Waals surface area contributed by atoms with Gasteiger partial charge >= 0.3 is 0 Å². The van der Waals surface area contributed by atoms with Gasteiger partial charge in [-0.3, -0.25) is 0 Å². The smallest absolute Gasteiger partial charge is 0.276 e. The van der Waals surface area contributed by atoms with Crippen LogP contribution in [0.2, 0.25) is 0 Å². The van der Waals surface area contributed by atoms with E-state index < -0.39 is 0 Å². The summed E-state index contributed by atoms with van der Waals surface area (Å²) in [5.74, 6) is 1.30. The summed E-state index contributed by atoms with van der Waals surface area (Å²) >= 11 is 1.51. The SMILES string of the molecule is CNC1CCC(c2nnc(SC)o2)CC1. The van der Waals surface area contributed by atoms with Crippen LogP contribution in [-0.2, 0) is 0 Å². The molecular formula is C10H17N3OS. The Hall–Kier alpha value is -0.550. The summed E-state index contributed by atoms with van der Waals surface area (Å²) in [6.07, 6.45) is 6.68. The molecule has 2 rings (SSSR count). The highest BCUT2D eigenvalue weighted by Gasteiger charge is 2.25. The second-order valence-corrected chi connectivity index (χ2v) is 4.71. The summed E-state index contributed by atoms with van der Waals surface area (Å²) < 4.78 is 5.56. The minimum atomic E-state index is 0.475. The molecule has 1 aliphatic carbocycles. The van der Waals surface area contributed by atoms with Gasteiger partial charge in [0.25, 0.3) is 5.22 Å². The van der Waals surface area contributed by atoms with Crippen molar-refractivity contribution in [2.75, 3.05) is 13.3 Å². The number of thioether (sulfide) groups is 1. The van der Waals surface area contributed by atoms with Crippen LogP contribution in [0.25, 0.3) is 0 Å². The van der Waals surface area contributed by atoms with E-state index in [-0.39, 0.29) is 0 Å². The van der Waals surface area contributed by atoms with Gasteiger partial charge in [-0.15, -0.1) is 10.2 Å². The highest BCUT2D eigenvalue weighted by atomic mass is 32.2. The third-order valence-electron chi connectivity index (χ3n) is 3.08. The molecule has 15 heavy (non-hydrogen) atoms. The first-order valence-corrected chi connectivity index (χ1v) is 6.60. The Morgan fingerprint density at radius 1 is 1.27 bits per heavy atom. The van der Waals surface area contributed by atoms with Crippen LogP contribution in [0.4, 0.5) is 0 Å². The van der Waals surface area contributed by atoms with Gasteiger partial charge in [-0.25, -0.2) is 0 Å². The number of nitrogens with one attached hydrogen (secondary N) is 1. The first kappa shape index (κ1) is 11.0. The molecule has 5 heteroatoms. The monoisotopic (exact) mass is 227 g/mol. The second kappa shape index (κ2) is 4.99. The van der Waals surface area contributed by atoms with Gasteiger partial charge in [0.2, 0.25) is 5.89 Å². The van der Waals surface area contributed by atoms with Crippen molar-refractivity contribution in [3.63, 3.8) is 0 Å². The first-order valence-electron chi connectivity index (χ1n) is 5.38. The minimum Gasteiger partial charge on any atom is -0.416 e. The molecule has 1 fully saturated rings. The molecule has 0 saturated heterocycles. The number of hydrogen-bond acceptors (Lipinski definition) is 5. The maximum Gasteiger partial charge on any atom is 0.276 e. The standard InChI is InChI=1S/C10H17N3OS/c1-11-8-5-3-7(4-6-8)9-12-13-10(14-9)15-2/h7-8,11H,3-6H2,1-2H3. The van der Waals surface area contributed by atoms with Crippen molar-refractivity contribution in [1.82, 2.24) is 15.5 Å². The molecule has 0 bridgehead atoms. The lowest BCUT2D eigenvalue weighted by Crippen LogP contribution is -2.29. The fourth-order valence-electron chi connectivity index (χ4n) is 2.10. The molecule has 0 aliphatic heterocycles. The average molecular weight is 227 g/mol. The predicted octanol–water partition coefficient (Wildman–Crippen LogP) is 2.04. The summed E-state index contributed by atoms with van der Waals surface area (Å²) in [5, 5.41) is 12.1. The van der Waals surface area contributed by atoms with Crippen LogP contribution < -0.4 is 5.32 Å². The molecule has 0 radical (unpaired) electrons. The van der Waals surface area contributed by atoms with Gasteiger partial charge in [-0.05, 0) is 39.0 Å². The Kier molecular flexibility index (Phi) is 3.64. The van der Waals surface area contributed by atoms with Crippen LogP contribution in [0, 0.1) is 0 Å². The van der Waals surface area contributed by atoms with Crippen LogP contribution in [0.15, 0.2) is 9.64 Å². The number of rotatable bonds is 3. The van der Waals surface area contributed by atoms with E-state index in [1.165, 1.54) is 24.6 Å². The quantitative estimate of drug-likeness (QED) is 0.801. The van der Waals surface area contributed by atoms with Crippen molar-refractivity contribution < 1.29 is 4.42 Å². The Balaban J connectivity index is 1.95. The van der Waals surface area contributed by atoms with E-state index in [0.29, 0.717) is 17.2 Å². The Bertz CT molecular complexity index is 307. The molecule has 1 N–H and O–H groups in total. The van der Waals surface area contributed by atoms with Crippen molar-refractivity contribution in [3.05, 3.63) is 5.89 Å². The van der Waals surface area contributed by atoms with Crippen molar-refractivity contribution in [2.24, 2.45) is 0 Å². The van der Waals surface area contributed by atoms with Crippen LogP contribution in [0.1, 0.15) is 37.5 Å². The average Bonchev–Trinajstić information content (AvgIpc) is 2.78. The summed E-state index contributed by atoms with van der Waals surface area (Å²) in [4.78, 5) is 0. The van der Waals surface area contributed by atoms with Crippen LogP contribution in [-0.4, -0.2) is 29.5 Å². The third-order valence-corrected chi connectivity index (χ3v) is 3.60. The second-order valence-electron chi connectivity index (χ2n) is 3.95. The molecule has 0 amide bonds. The summed E-state index contributed by atoms with van der Waals surface area (Å²) in [6.45, 7) is 0. The van der Waals surface area contributed by atoms with Crippen molar-refractivity contribution in [1.29, 1.82) is 0 Å². The largest absolute Gasteiger partial charge is 0.416 e. The molecule has 0 atom stereocenters. The lowest BCUT2D eigenvalue weighted by atomic mass is 9.86. The molecule has 1 aromatic rings. The van der Waals surface area contributed by atoms with Gasteiger partial charge in [0.15, 0.2) is 0 Å². The highest BCUT2D eigenvalue weighted by molar-refractivity contribution is 7.98. The molecule has 4 nitrogen and oxygen atoms in total. The zero-order chi connectivity index (χ0) is 10.7. The Labute approximate surface area is 94.2 Å². The molecule has 0 unspecified atom stereocenters. The first-order chi connectivity index (χ1) is 7.33. The van der Waals surface area contributed by atoms with Crippen LogP contribution >= 0.6 is 11.8 Å². The molecule has 1 aromatic heterocycles. The van der Waals surface area contributed by atoms with Gasteiger partial charge in [0.1, 0.15) is 0 Å². The molecule has 0 aromatic carbocycles. The molecule has 1 heterocycles. The Morgan fingerprint density at radius 3 is 2.53 bits per heavy atom. The summed E-state index contributed by atoms with van der Waals surface area (Å²) in [5.41, 5.74) is 0. The summed E-state index contributed by atoms with van der Waals surface area (Å²) in [7, 11) is 2.03. The van der Waals surface area contributed by atoms with Gasteiger partial charge < -0.3 is 9.73 Å². The molecular weight excluding hydrogens is 210 g/mol. The van der Waals surface area contributed by atoms with E-state index in [1.54, 1.807) is 0 Å². The minimum absolute atomic E-state index is 0.475. The van der Waals surface area contributed by atoms with Crippen LogP contribution in [0.5, 0.6) is 0 Å². The fourth-order valence-corrected chi connectivity index (χ4v) is 2.39. The third kappa shape index (κ3) is 2.52. The van der Waals surface area contributed by atoms with Crippen molar-refractivity contribution >= 4 is 11.8 Å². The number of aromatic nitrogens is 2. The molecule has 0 spiro atoms. The van der Waals surface area contributed by atoms with E-state index in [9.17, 15) is 0 Å². The van der Waals surface area contributed by atoms with E-state index in [1.807, 2.05) is 13.3 Å². The topological polar surface area (TPSA) is 51.0 Å². The molecule has 1 saturated carbocycles. The van der Waals surface area contributed by atoms with E-state index in [2.05, 4.69) is 15.5 Å². The maximum absolute atomic E-state index is 5.56. The normalized spacial score (nSPS) is 26.8. The molecule has 1 aliphatic rings. The van der Waals surface area contributed by atoms with E-state index >= 15 is 0 Å². The van der Waals surface area contributed by atoms with Gasteiger partial charge in [0.05, 0.1) is 0 Å². The number of nitrogens with zero attached hydrogens (tertiary/aromatic N) is 2. The number of hydrogen-bond donors (Lipinski definition) is 1. The van der Waals surface area contributed by atoms with Gasteiger partial charge in [0, 0.05) is 12.0 Å². The predicted molar refractivity (Wildman–Crippen MR) is 60.1 cm³/mol. The van der Waals surface area contributed by atoms with E-state index in [4.69, 9.17) is 4.42 Å². The Morgan fingerprint density at radius 2 is 2.00 bits per heavy atom. The van der Waals surface area contributed by atoms with Crippen molar-refractivity contribution in [3.8, 4) is 0 Å². The van der Waals surface area contributed by atoms with Crippen molar-refractivity contribution in [2.45, 2.75) is 42.9 Å². The zero-order valence-electron chi connectivity index (χ0n) is 9.19. The lowest BCUT2D eigenvalue weighted by molar-refractivity contribution is 0.302.